The highest BCUT2D eigenvalue weighted by Gasteiger charge is 2.32. The van der Waals surface area contributed by atoms with Gasteiger partial charge in [0.05, 0.1) is 11.1 Å². The lowest BCUT2D eigenvalue weighted by atomic mass is 10.1. The van der Waals surface area contributed by atoms with Crippen molar-refractivity contribution in [3.05, 3.63) is 93.5 Å². The third-order valence-electron chi connectivity index (χ3n) is 6.31. The molecule has 0 fully saturated rings. The largest absolute Gasteiger partial charge is 0.419 e. The summed E-state index contributed by atoms with van der Waals surface area (Å²) in [5, 5.41) is 1.74. The molecule has 1 N–H and O–H groups in total. The number of hydrogen-bond acceptors (Lipinski definition) is 9. The van der Waals surface area contributed by atoms with Crippen LogP contribution in [-0.4, -0.2) is 38.9 Å². The summed E-state index contributed by atoms with van der Waals surface area (Å²) in [6.07, 6.45) is 0. The van der Waals surface area contributed by atoms with E-state index in [0.717, 1.165) is 11.1 Å². The van der Waals surface area contributed by atoms with Gasteiger partial charge in [-0.15, -0.1) is 0 Å². The Kier molecular flexibility index (Phi) is 9.73. The van der Waals surface area contributed by atoms with Crippen LogP contribution >= 0.6 is 0 Å². The summed E-state index contributed by atoms with van der Waals surface area (Å²) in [7, 11) is -4.43. The Morgan fingerprint density at radius 2 is 1.32 bits per heavy atom. The van der Waals surface area contributed by atoms with E-state index >= 15 is 0 Å². The van der Waals surface area contributed by atoms with E-state index in [4.69, 9.17) is 9.47 Å². The van der Waals surface area contributed by atoms with E-state index < -0.39 is 32.8 Å². The van der Waals surface area contributed by atoms with Crippen molar-refractivity contribution < 1.29 is 36.5 Å². The number of rotatable bonds is 10. The molecule has 0 heterocycles. The van der Waals surface area contributed by atoms with E-state index in [1.165, 1.54) is 18.2 Å². The summed E-state index contributed by atoms with van der Waals surface area (Å²) in [5.74, 6) is -1.65. The Labute approximate surface area is 240 Å². The summed E-state index contributed by atoms with van der Waals surface area (Å²) in [6.45, 7) is 12.5. The first kappa shape index (κ1) is 31.5. The monoisotopic (exact) mass is 581 g/mol. The molecule has 3 aromatic carbocycles. The quantitative estimate of drug-likeness (QED) is 0.147. The molecule has 3 rings (SSSR count). The highest BCUT2D eigenvalue weighted by atomic mass is 32.2. The molecule has 0 aliphatic rings. The van der Waals surface area contributed by atoms with Crippen LogP contribution in [0.2, 0.25) is 0 Å². The number of esters is 2. The smallest absolute Gasteiger partial charge is 0.343 e. The minimum atomic E-state index is -4.43. The van der Waals surface area contributed by atoms with Gasteiger partial charge in [0.2, 0.25) is 0 Å². The van der Waals surface area contributed by atoms with Crippen LogP contribution in [0.5, 0.6) is 11.5 Å². The normalized spacial score (nSPS) is 12.4. The van der Waals surface area contributed by atoms with E-state index in [2.05, 4.69) is 9.50 Å². The van der Waals surface area contributed by atoms with Gasteiger partial charge in [0.15, 0.2) is 11.5 Å². The average molecular weight is 582 g/mol. The van der Waals surface area contributed by atoms with E-state index in [9.17, 15) is 22.8 Å². The minimum absolute atomic E-state index is 0.0884. The van der Waals surface area contributed by atoms with Crippen molar-refractivity contribution in [2.75, 3.05) is 6.54 Å². The first-order valence-electron chi connectivity index (χ1n) is 12.9. The number of hydrogen-bond donors (Lipinski definition) is 1. The Balaban J connectivity index is 2.11. The topological polar surface area (TPSA) is 125 Å². The molecule has 0 bridgehead atoms. The van der Waals surface area contributed by atoms with Gasteiger partial charge >= 0.3 is 28.5 Å². The molecule has 41 heavy (non-hydrogen) atoms. The van der Waals surface area contributed by atoms with Crippen molar-refractivity contribution >= 4 is 28.5 Å². The van der Waals surface area contributed by atoms with Gasteiger partial charge in [0.1, 0.15) is 5.25 Å². The molecule has 1 unspecified atom stereocenters. The van der Waals surface area contributed by atoms with Crippen molar-refractivity contribution in [3.8, 4) is 11.5 Å². The number of benzene rings is 3. The zero-order valence-corrected chi connectivity index (χ0v) is 25.0. The second-order valence-electron chi connectivity index (χ2n) is 10.9. The molecule has 0 amide bonds. The van der Waals surface area contributed by atoms with Crippen molar-refractivity contribution in [2.24, 2.45) is 0 Å². The molecule has 9 nitrogen and oxygen atoms in total. The first-order valence-corrected chi connectivity index (χ1v) is 14.4. The molecule has 3 aromatic rings. The van der Waals surface area contributed by atoms with Gasteiger partial charge in [-0.1, -0.05) is 41.5 Å². The molecule has 0 aliphatic carbocycles. The Morgan fingerprint density at radius 1 is 0.805 bits per heavy atom. The molecule has 0 aromatic heterocycles. The third kappa shape index (κ3) is 8.25. The minimum Gasteiger partial charge on any atom is -0.419 e. The number of aryl methyl sites for hydroxylation is 4. The Hall–Kier alpha value is -4.02. The van der Waals surface area contributed by atoms with E-state index in [1.54, 1.807) is 38.1 Å². The van der Waals surface area contributed by atoms with E-state index in [1.807, 2.05) is 46.8 Å². The SMILES string of the molecule is Cc1ccc(C)c(C(=O)Oc2ccc(C(CNC(C)(C)C)S(=O)(=O)OC=O)cc2OC(=O)c2cc(C)ccc2C)c1. The lowest BCUT2D eigenvalue weighted by Crippen LogP contribution is -2.40. The summed E-state index contributed by atoms with van der Waals surface area (Å²) < 4.78 is 41.7. The molecule has 10 heteroatoms. The van der Waals surface area contributed by atoms with Gasteiger partial charge in [0, 0.05) is 12.1 Å². The maximum Gasteiger partial charge on any atom is 0.343 e. The van der Waals surface area contributed by atoms with Crippen molar-refractivity contribution in [1.82, 2.24) is 5.32 Å². The fourth-order valence-electron chi connectivity index (χ4n) is 4.02. The zero-order chi connectivity index (χ0) is 30.5. The summed E-state index contributed by atoms with van der Waals surface area (Å²) in [5.41, 5.74) is 3.36. The van der Waals surface area contributed by atoms with Gasteiger partial charge < -0.3 is 19.0 Å². The predicted octanol–water partition coefficient (Wildman–Crippen LogP) is 5.29. The van der Waals surface area contributed by atoms with E-state index in [0.29, 0.717) is 22.3 Å². The molecular formula is C31H35NO8S. The highest BCUT2D eigenvalue weighted by molar-refractivity contribution is 7.87. The van der Waals surface area contributed by atoms with Crippen molar-refractivity contribution in [2.45, 2.75) is 59.3 Å². The molecule has 0 saturated heterocycles. The van der Waals surface area contributed by atoms with Crippen LogP contribution in [0.1, 0.15) is 74.6 Å². The van der Waals surface area contributed by atoms with Crippen LogP contribution in [0.4, 0.5) is 0 Å². The second kappa shape index (κ2) is 12.7. The second-order valence-corrected chi connectivity index (χ2v) is 12.7. The number of carbonyl (C=O) groups excluding carboxylic acids is 3. The summed E-state index contributed by atoms with van der Waals surface area (Å²) in [4.78, 5) is 37.4. The third-order valence-corrected chi connectivity index (χ3v) is 7.79. The fraction of sp³-hybridized carbons (Fsp3) is 0.323. The Bertz CT molecular complexity index is 1570. The van der Waals surface area contributed by atoms with Crippen LogP contribution in [0.3, 0.4) is 0 Å². The van der Waals surface area contributed by atoms with Gasteiger partial charge in [-0.2, -0.15) is 8.42 Å². The summed E-state index contributed by atoms with van der Waals surface area (Å²) >= 11 is 0. The molecule has 218 valence electrons. The molecule has 0 saturated carbocycles. The van der Waals surface area contributed by atoms with Gasteiger partial charge in [-0.25, -0.2) is 9.59 Å². The van der Waals surface area contributed by atoms with Gasteiger partial charge in [-0.3, -0.25) is 4.79 Å². The highest BCUT2D eigenvalue weighted by Crippen LogP contribution is 2.35. The van der Waals surface area contributed by atoms with Gasteiger partial charge in [-0.05, 0) is 89.4 Å². The fourth-order valence-corrected chi connectivity index (χ4v) is 5.03. The van der Waals surface area contributed by atoms with Crippen LogP contribution in [0, 0.1) is 27.7 Å². The standard InChI is InChI=1S/C31H35NO8S/c1-19-8-10-21(3)24(14-19)29(34)39-26-13-12-23(28(17-32-31(5,6)7)41(36,37)38-18-33)16-27(26)40-30(35)25-15-20(2)9-11-22(25)4/h8-16,18,28,32H,17H2,1-7H3. The lowest BCUT2D eigenvalue weighted by molar-refractivity contribution is -0.120. The molecule has 0 radical (unpaired) electrons. The van der Waals surface area contributed by atoms with Crippen LogP contribution < -0.4 is 14.8 Å². The average Bonchev–Trinajstić information content (AvgIpc) is 2.87. The van der Waals surface area contributed by atoms with Crippen LogP contribution in [-0.2, 0) is 19.1 Å². The van der Waals surface area contributed by atoms with Crippen LogP contribution in [0.25, 0.3) is 0 Å². The maximum absolute atomic E-state index is 13.3. The zero-order valence-electron chi connectivity index (χ0n) is 24.2. The molecule has 0 aliphatic heterocycles. The number of nitrogens with one attached hydrogen (secondary N) is 1. The number of ether oxygens (including phenoxy) is 2. The van der Waals surface area contributed by atoms with Crippen molar-refractivity contribution in [1.29, 1.82) is 0 Å². The molecular weight excluding hydrogens is 546 g/mol. The number of carbonyl (C=O) groups is 3. The van der Waals surface area contributed by atoms with Crippen molar-refractivity contribution in [3.63, 3.8) is 0 Å². The van der Waals surface area contributed by atoms with Crippen LogP contribution in [0.15, 0.2) is 54.6 Å². The first-order chi connectivity index (χ1) is 19.1. The molecule has 1 atom stereocenters. The maximum atomic E-state index is 13.3. The van der Waals surface area contributed by atoms with Gasteiger partial charge in [0.25, 0.3) is 0 Å². The van der Waals surface area contributed by atoms with E-state index in [-0.39, 0.29) is 30.1 Å². The molecule has 0 spiro atoms. The predicted molar refractivity (Wildman–Crippen MR) is 155 cm³/mol. The lowest BCUT2D eigenvalue weighted by Gasteiger charge is -2.25. The Morgan fingerprint density at radius 3 is 1.80 bits per heavy atom. The summed E-state index contributed by atoms with van der Waals surface area (Å²) in [6, 6.07) is 14.7.